The average molecular weight is 286 g/mol. The topological polar surface area (TPSA) is 55.8 Å². The van der Waals surface area contributed by atoms with E-state index in [-0.39, 0.29) is 5.78 Å². The number of ketones is 1. The first kappa shape index (κ1) is 15.2. The van der Waals surface area contributed by atoms with Crippen LogP contribution in [0.2, 0.25) is 0 Å². The van der Waals surface area contributed by atoms with Crippen molar-refractivity contribution in [3.63, 3.8) is 0 Å². The highest BCUT2D eigenvalue weighted by molar-refractivity contribution is 5.99. The number of ether oxygens (including phenoxy) is 2. The van der Waals surface area contributed by atoms with E-state index < -0.39 is 12.2 Å². The van der Waals surface area contributed by atoms with Gasteiger partial charge in [-0.05, 0) is 29.8 Å². The monoisotopic (exact) mass is 286 g/mol. The van der Waals surface area contributed by atoms with Crippen LogP contribution in [0, 0.1) is 0 Å². The van der Waals surface area contributed by atoms with E-state index in [9.17, 15) is 9.90 Å². The lowest BCUT2D eigenvalue weighted by Gasteiger charge is -2.21. The molecule has 0 radical (unpaired) electrons. The summed E-state index contributed by atoms with van der Waals surface area (Å²) in [5, 5.41) is 10.3. The third-order valence-corrected chi connectivity index (χ3v) is 3.31. The van der Waals surface area contributed by atoms with Gasteiger partial charge in [0.1, 0.15) is 18.0 Å². The van der Waals surface area contributed by atoms with Crippen LogP contribution in [0.4, 0.5) is 0 Å². The second-order valence-electron chi connectivity index (χ2n) is 4.60. The van der Waals surface area contributed by atoms with Gasteiger partial charge in [0.25, 0.3) is 0 Å². The zero-order valence-electron chi connectivity index (χ0n) is 12.0. The fourth-order valence-electron chi connectivity index (χ4n) is 2.15. The molecule has 4 nitrogen and oxygen atoms in total. The highest BCUT2D eigenvalue weighted by Gasteiger charge is 2.28. The van der Waals surface area contributed by atoms with Crippen LogP contribution in [0.5, 0.6) is 5.75 Å². The Hall–Kier alpha value is -2.17. The standard InChI is InChI=1S/C17H18O4/c1-20-14-10-8-12(9-11-14)15(18)16(19)17(21-2)13-6-4-3-5-7-13/h3-11,16-17,19H,1-2H3/t16-,17+/m0/s1. The summed E-state index contributed by atoms with van der Waals surface area (Å²) >= 11 is 0. The Morgan fingerprint density at radius 1 is 1.00 bits per heavy atom. The SMILES string of the molecule is COc1ccc(C(=O)[C@H](O)[C@H](OC)c2ccccc2)cc1. The first-order valence-electron chi connectivity index (χ1n) is 6.61. The third-order valence-electron chi connectivity index (χ3n) is 3.31. The largest absolute Gasteiger partial charge is 0.497 e. The minimum Gasteiger partial charge on any atom is -0.497 e. The number of aliphatic hydroxyl groups excluding tert-OH is 1. The van der Waals surface area contributed by atoms with Gasteiger partial charge in [-0.15, -0.1) is 0 Å². The van der Waals surface area contributed by atoms with Crippen LogP contribution in [0.1, 0.15) is 22.0 Å². The summed E-state index contributed by atoms with van der Waals surface area (Å²) in [6.45, 7) is 0. The van der Waals surface area contributed by atoms with E-state index in [0.717, 1.165) is 5.56 Å². The van der Waals surface area contributed by atoms with Crippen LogP contribution >= 0.6 is 0 Å². The molecule has 2 aromatic carbocycles. The van der Waals surface area contributed by atoms with Crippen molar-refractivity contribution in [1.29, 1.82) is 0 Å². The maximum Gasteiger partial charge on any atom is 0.194 e. The molecule has 110 valence electrons. The van der Waals surface area contributed by atoms with E-state index >= 15 is 0 Å². The fraction of sp³-hybridized carbons (Fsp3) is 0.235. The number of carbonyl (C=O) groups excluding carboxylic acids is 1. The van der Waals surface area contributed by atoms with Crippen molar-refractivity contribution < 1.29 is 19.4 Å². The van der Waals surface area contributed by atoms with Crippen LogP contribution in [0.25, 0.3) is 0 Å². The van der Waals surface area contributed by atoms with Crippen LogP contribution in [0.15, 0.2) is 54.6 Å². The Morgan fingerprint density at radius 3 is 2.14 bits per heavy atom. The predicted octanol–water partition coefficient (Wildman–Crippen LogP) is 2.63. The Balaban J connectivity index is 2.20. The Labute approximate surface area is 123 Å². The molecule has 0 aliphatic carbocycles. The molecule has 0 aliphatic rings. The molecule has 21 heavy (non-hydrogen) atoms. The highest BCUT2D eigenvalue weighted by Crippen LogP contribution is 2.23. The minimum absolute atomic E-state index is 0.381. The second-order valence-corrected chi connectivity index (χ2v) is 4.60. The number of hydrogen-bond acceptors (Lipinski definition) is 4. The Bertz CT molecular complexity index is 577. The van der Waals surface area contributed by atoms with E-state index in [4.69, 9.17) is 9.47 Å². The van der Waals surface area contributed by atoms with Crippen molar-refractivity contribution >= 4 is 5.78 Å². The van der Waals surface area contributed by atoms with E-state index in [1.165, 1.54) is 7.11 Å². The first-order valence-corrected chi connectivity index (χ1v) is 6.61. The van der Waals surface area contributed by atoms with Crippen molar-refractivity contribution in [2.24, 2.45) is 0 Å². The summed E-state index contributed by atoms with van der Waals surface area (Å²) in [7, 11) is 3.03. The maximum atomic E-state index is 12.3. The number of Topliss-reactive ketones (excluding diaryl/α,β-unsaturated/α-hetero) is 1. The number of carbonyl (C=O) groups is 1. The van der Waals surface area contributed by atoms with Crippen molar-refractivity contribution in [2.45, 2.75) is 12.2 Å². The first-order chi connectivity index (χ1) is 10.2. The van der Waals surface area contributed by atoms with Gasteiger partial charge in [0.2, 0.25) is 0 Å². The van der Waals surface area contributed by atoms with Gasteiger partial charge in [0.05, 0.1) is 7.11 Å². The molecule has 2 atom stereocenters. The smallest absolute Gasteiger partial charge is 0.194 e. The fourth-order valence-corrected chi connectivity index (χ4v) is 2.15. The predicted molar refractivity (Wildman–Crippen MR) is 79.5 cm³/mol. The number of aliphatic hydroxyl groups is 1. The van der Waals surface area contributed by atoms with Gasteiger partial charge in [-0.3, -0.25) is 4.79 Å². The number of hydrogen-bond donors (Lipinski definition) is 1. The second kappa shape index (κ2) is 7.02. The summed E-state index contributed by atoms with van der Waals surface area (Å²) in [6.07, 6.45) is -1.95. The van der Waals surface area contributed by atoms with Crippen LogP contribution in [-0.4, -0.2) is 31.2 Å². The third kappa shape index (κ3) is 3.48. The van der Waals surface area contributed by atoms with Gasteiger partial charge in [-0.25, -0.2) is 0 Å². The molecule has 0 heterocycles. The summed E-state index contributed by atoms with van der Waals surface area (Å²) in [5.41, 5.74) is 1.18. The molecule has 0 bridgehead atoms. The lowest BCUT2D eigenvalue weighted by molar-refractivity contribution is -0.00430. The molecule has 1 N–H and O–H groups in total. The molecule has 0 spiro atoms. The van der Waals surface area contributed by atoms with Crippen molar-refractivity contribution in [2.75, 3.05) is 14.2 Å². The van der Waals surface area contributed by atoms with Crippen LogP contribution < -0.4 is 4.74 Å². The van der Waals surface area contributed by atoms with Gasteiger partial charge < -0.3 is 14.6 Å². The zero-order valence-corrected chi connectivity index (χ0v) is 12.0. The van der Waals surface area contributed by atoms with Crippen LogP contribution in [-0.2, 0) is 4.74 Å². The number of methoxy groups -OCH3 is 2. The van der Waals surface area contributed by atoms with E-state index in [1.54, 1.807) is 31.4 Å². The summed E-state index contributed by atoms with van der Waals surface area (Å²) in [6, 6.07) is 15.8. The molecule has 0 saturated carbocycles. The molecule has 0 aliphatic heterocycles. The summed E-state index contributed by atoms with van der Waals surface area (Å²) < 4.78 is 10.3. The lowest BCUT2D eigenvalue weighted by atomic mass is 9.97. The van der Waals surface area contributed by atoms with Gasteiger partial charge in [-0.1, -0.05) is 30.3 Å². The zero-order chi connectivity index (χ0) is 15.2. The maximum absolute atomic E-state index is 12.3. The lowest BCUT2D eigenvalue weighted by Crippen LogP contribution is -2.29. The molecule has 2 aromatic rings. The Kier molecular flexibility index (Phi) is 5.09. The van der Waals surface area contributed by atoms with E-state index in [2.05, 4.69) is 0 Å². The number of rotatable bonds is 6. The van der Waals surface area contributed by atoms with Gasteiger partial charge in [-0.2, -0.15) is 0 Å². The molecule has 0 unspecified atom stereocenters. The van der Waals surface area contributed by atoms with Gasteiger partial charge in [0.15, 0.2) is 5.78 Å². The van der Waals surface area contributed by atoms with E-state index in [0.29, 0.717) is 11.3 Å². The minimum atomic E-state index is -1.26. The normalized spacial score (nSPS) is 13.5. The molecular weight excluding hydrogens is 268 g/mol. The summed E-state index contributed by atoms with van der Waals surface area (Å²) in [4.78, 5) is 12.3. The van der Waals surface area contributed by atoms with Crippen molar-refractivity contribution in [3.05, 3.63) is 65.7 Å². The quantitative estimate of drug-likeness (QED) is 0.829. The average Bonchev–Trinajstić information content (AvgIpc) is 2.56. The molecule has 0 saturated heterocycles. The molecular formula is C17H18O4. The van der Waals surface area contributed by atoms with Crippen molar-refractivity contribution in [1.82, 2.24) is 0 Å². The molecule has 2 rings (SSSR count). The van der Waals surface area contributed by atoms with Crippen molar-refractivity contribution in [3.8, 4) is 5.75 Å². The molecule has 0 aromatic heterocycles. The Morgan fingerprint density at radius 2 is 1.62 bits per heavy atom. The summed E-state index contributed by atoms with van der Waals surface area (Å²) in [5.74, 6) is 0.278. The van der Waals surface area contributed by atoms with Gasteiger partial charge in [0, 0.05) is 12.7 Å². The van der Waals surface area contributed by atoms with Gasteiger partial charge >= 0.3 is 0 Å². The van der Waals surface area contributed by atoms with Crippen LogP contribution in [0.3, 0.4) is 0 Å². The molecule has 0 fully saturated rings. The molecule has 0 amide bonds. The molecule has 4 heteroatoms. The van der Waals surface area contributed by atoms with E-state index in [1.807, 2.05) is 30.3 Å². The number of benzene rings is 2. The highest BCUT2D eigenvalue weighted by atomic mass is 16.5.